The highest BCUT2D eigenvalue weighted by molar-refractivity contribution is 7.78. The molecule has 1 heterocycles. The third kappa shape index (κ3) is 8.56. The van der Waals surface area contributed by atoms with Gasteiger partial charge in [-0.1, -0.05) is 43.8 Å². The molecule has 0 saturated carbocycles. The third-order valence-corrected chi connectivity index (χ3v) is 2.94. The molecular formula is C15H27N3S. The van der Waals surface area contributed by atoms with Crippen molar-refractivity contribution in [1.82, 2.24) is 10.2 Å². The number of hydrogen-bond donors (Lipinski definition) is 2. The summed E-state index contributed by atoms with van der Waals surface area (Å²) >= 11 is 4.75. The van der Waals surface area contributed by atoms with E-state index >= 15 is 0 Å². The molecule has 1 fully saturated rings. The van der Waals surface area contributed by atoms with E-state index in [1.165, 1.54) is 11.3 Å². The van der Waals surface area contributed by atoms with E-state index in [1.807, 2.05) is 20.9 Å². The molecule has 3 nitrogen and oxygen atoms in total. The zero-order valence-electron chi connectivity index (χ0n) is 12.6. The molecule has 2 rings (SSSR count). The van der Waals surface area contributed by atoms with Crippen LogP contribution in [-0.2, 0) is 0 Å². The first-order valence-corrected chi connectivity index (χ1v) is 7.38. The normalized spacial score (nSPS) is 13.4. The Morgan fingerprint density at radius 1 is 1.16 bits per heavy atom. The molecule has 0 bridgehead atoms. The van der Waals surface area contributed by atoms with Crippen molar-refractivity contribution in [1.29, 1.82) is 0 Å². The van der Waals surface area contributed by atoms with Gasteiger partial charge in [0.1, 0.15) is 0 Å². The van der Waals surface area contributed by atoms with Crippen molar-refractivity contribution in [2.24, 2.45) is 0 Å². The monoisotopic (exact) mass is 281 g/mol. The van der Waals surface area contributed by atoms with Crippen LogP contribution in [0.25, 0.3) is 0 Å². The Labute approximate surface area is 123 Å². The molecule has 0 amide bonds. The summed E-state index contributed by atoms with van der Waals surface area (Å²) in [6, 6.07) is 8.31. The Balaban J connectivity index is 0.000000303. The van der Waals surface area contributed by atoms with Crippen molar-refractivity contribution < 1.29 is 0 Å². The molecule has 1 aliphatic rings. The van der Waals surface area contributed by atoms with Gasteiger partial charge in [0.2, 0.25) is 0 Å². The molecule has 1 aromatic carbocycles. The van der Waals surface area contributed by atoms with E-state index in [4.69, 9.17) is 12.2 Å². The second-order valence-corrected chi connectivity index (χ2v) is 4.22. The average Bonchev–Trinajstić information content (AvgIpc) is 2.51. The van der Waals surface area contributed by atoms with Crippen LogP contribution in [0.1, 0.15) is 19.4 Å². The first-order chi connectivity index (χ1) is 9.26. The summed E-state index contributed by atoms with van der Waals surface area (Å²) in [5.41, 5.74) is 4.20. The van der Waals surface area contributed by atoms with Crippen LogP contribution in [0, 0.1) is 6.92 Å². The van der Waals surface area contributed by atoms with Gasteiger partial charge in [0.05, 0.1) is 5.49 Å². The SMILES string of the molecule is CC.CNc1ccc(C)cc1.S=CN1CCNCC1. The van der Waals surface area contributed by atoms with Crippen molar-refractivity contribution >= 4 is 23.4 Å². The van der Waals surface area contributed by atoms with Crippen LogP contribution in [0.4, 0.5) is 5.69 Å². The van der Waals surface area contributed by atoms with E-state index in [0.717, 1.165) is 26.2 Å². The average molecular weight is 281 g/mol. The van der Waals surface area contributed by atoms with Crippen LogP contribution in [0.15, 0.2) is 24.3 Å². The maximum absolute atomic E-state index is 4.75. The lowest BCUT2D eigenvalue weighted by Gasteiger charge is -2.24. The minimum atomic E-state index is 1.07. The number of piperazine rings is 1. The van der Waals surface area contributed by atoms with E-state index in [-0.39, 0.29) is 0 Å². The Morgan fingerprint density at radius 2 is 1.68 bits per heavy atom. The molecule has 2 N–H and O–H groups in total. The maximum atomic E-state index is 4.75. The molecule has 0 radical (unpaired) electrons. The number of nitrogens with zero attached hydrogens (tertiary/aromatic N) is 1. The first-order valence-electron chi connectivity index (χ1n) is 6.90. The lowest BCUT2D eigenvalue weighted by molar-refractivity contribution is 0.370. The van der Waals surface area contributed by atoms with Gasteiger partial charge in [-0.3, -0.25) is 0 Å². The fourth-order valence-corrected chi connectivity index (χ4v) is 1.72. The summed E-state index contributed by atoms with van der Waals surface area (Å²) in [6.07, 6.45) is 0. The Hall–Kier alpha value is -1.13. The molecule has 1 aliphatic heterocycles. The lowest BCUT2D eigenvalue weighted by Crippen LogP contribution is -2.42. The van der Waals surface area contributed by atoms with Crippen molar-refractivity contribution in [3.05, 3.63) is 29.8 Å². The maximum Gasteiger partial charge on any atom is 0.0641 e. The first kappa shape index (κ1) is 17.9. The number of aryl methyl sites for hydroxylation is 1. The van der Waals surface area contributed by atoms with E-state index in [1.54, 1.807) is 5.49 Å². The van der Waals surface area contributed by atoms with Gasteiger partial charge in [0.15, 0.2) is 0 Å². The number of anilines is 1. The van der Waals surface area contributed by atoms with Crippen LogP contribution in [0.2, 0.25) is 0 Å². The molecule has 108 valence electrons. The predicted octanol–water partition coefficient (Wildman–Crippen LogP) is 2.91. The number of nitrogens with one attached hydrogen (secondary N) is 2. The van der Waals surface area contributed by atoms with Crippen LogP contribution < -0.4 is 10.6 Å². The highest BCUT2D eigenvalue weighted by atomic mass is 32.1. The van der Waals surface area contributed by atoms with Gasteiger partial charge in [0.25, 0.3) is 0 Å². The quantitative estimate of drug-likeness (QED) is 0.815. The number of benzene rings is 1. The molecule has 0 atom stereocenters. The van der Waals surface area contributed by atoms with Crippen LogP contribution in [0.5, 0.6) is 0 Å². The summed E-state index contributed by atoms with van der Waals surface area (Å²) in [6.45, 7) is 10.4. The molecule has 0 unspecified atom stereocenters. The van der Waals surface area contributed by atoms with Crippen molar-refractivity contribution in [2.75, 3.05) is 38.5 Å². The lowest BCUT2D eigenvalue weighted by atomic mass is 10.2. The zero-order chi connectivity index (χ0) is 14.5. The Kier molecular flexibility index (Phi) is 11.2. The van der Waals surface area contributed by atoms with E-state index in [9.17, 15) is 0 Å². The highest BCUT2D eigenvalue weighted by Crippen LogP contribution is 2.06. The minimum Gasteiger partial charge on any atom is -0.388 e. The fraction of sp³-hybridized carbons (Fsp3) is 0.533. The summed E-state index contributed by atoms with van der Waals surface area (Å²) in [5, 5.41) is 6.30. The zero-order valence-corrected chi connectivity index (χ0v) is 13.4. The molecule has 19 heavy (non-hydrogen) atoms. The Bertz CT molecular complexity index is 319. The smallest absolute Gasteiger partial charge is 0.0641 e. The Morgan fingerprint density at radius 3 is 2.05 bits per heavy atom. The molecule has 0 aromatic heterocycles. The largest absolute Gasteiger partial charge is 0.388 e. The molecule has 1 aromatic rings. The summed E-state index contributed by atoms with van der Waals surface area (Å²) in [7, 11) is 1.92. The highest BCUT2D eigenvalue weighted by Gasteiger charge is 2.02. The molecule has 0 aliphatic carbocycles. The minimum absolute atomic E-state index is 1.07. The van der Waals surface area contributed by atoms with Gasteiger partial charge in [-0.25, -0.2) is 0 Å². The van der Waals surface area contributed by atoms with Crippen LogP contribution in [-0.4, -0.2) is 43.6 Å². The van der Waals surface area contributed by atoms with E-state index < -0.39 is 0 Å². The molecule has 4 heteroatoms. The topological polar surface area (TPSA) is 27.3 Å². The number of hydrogen-bond acceptors (Lipinski definition) is 3. The van der Waals surface area contributed by atoms with Crippen molar-refractivity contribution in [3.63, 3.8) is 0 Å². The van der Waals surface area contributed by atoms with Crippen molar-refractivity contribution in [3.8, 4) is 0 Å². The third-order valence-electron chi connectivity index (χ3n) is 2.64. The van der Waals surface area contributed by atoms with Gasteiger partial charge in [-0.05, 0) is 19.1 Å². The van der Waals surface area contributed by atoms with E-state index in [2.05, 4.69) is 46.7 Å². The summed E-state index contributed by atoms with van der Waals surface area (Å²) in [5.74, 6) is 0. The van der Waals surface area contributed by atoms with Gasteiger partial charge < -0.3 is 15.5 Å². The molecule has 1 saturated heterocycles. The summed E-state index contributed by atoms with van der Waals surface area (Å²) < 4.78 is 0. The van der Waals surface area contributed by atoms with Gasteiger partial charge in [-0.2, -0.15) is 0 Å². The van der Waals surface area contributed by atoms with Gasteiger partial charge in [-0.15, -0.1) is 0 Å². The van der Waals surface area contributed by atoms with Crippen LogP contribution >= 0.6 is 12.2 Å². The second-order valence-electron chi connectivity index (χ2n) is 4.01. The summed E-state index contributed by atoms with van der Waals surface area (Å²) in [4.78, 5) is 2.14. The molecule has 0 spiro atoms. The standard InChI is InChI=1S/C8H11N.C5H10N2S.C2H6/c1-7-3-5-8(9-2)6-4-7;8-5-7-3-1-6-2-4-7;1-2/h3-6,9H,1-2H3;5-6H,1-4H2;1-2H3. The number of rotatable bonds is 2. The fourth-order valence-electron chi connectivity index (χ4n) is 1.51. The van der Waals surface area contributed by atoms with Gasteiger partial charge >= 0.3 is 0 Å². The van der Waals surface area contributed by atoms with Crippen LogP contribution in [0.3, 0.4) is 0 Å². The van der Waals surface area contributed by atoms with Gasteiger partial charge in [0, 0.05) is 38.9 Å². The van der Waals surface area contributed by atoms with E-state index in [0.29, 0.717) is 0 Å². The molecular weight excluding hydrogens is 254 g/mol. The number of thiocarbonyl (C=S) groups is 1. The van der Waals surface area contributed by atoms with Crippen molar-refractivity contribution in [2.45, 2.75) is 20.8 Å². The predicted molar refractivity (Wildman–Crippen MR) is 90.2 cm³/mol. The second kappa shape index (κ2) is 11.9.